The second-order valence-electron chi connectivity index (χ2n) is 6.44. The van der Waals surface area contributed by atoms with Gasteiger partial charge in [0.15, 0.2) is 0 Å². The second-order valence-corrected chi connectivity index (χ2v) is 6.44. The summed E-state index contributed by atoms with van der Waals surface area (Å²) in [5, 5.41) is 0. The maximum Gasteiger partial charge on any atom is 0.119 e. The molecule has 0 amide bonds. The molecule has 3 heteroatoms. The minimum Gasteiger partial charge on any atom is -0.494 e. The van der Waals surface area contributed by atoms with Gasteiger partial charge in [-0.05, 0) is 62.8 Å². The molecule has 3 nitrogen and oxygen atoms in total. The zero-order valence-corrected chi connectivity index (χ0v) is 13.6. The van der Waals surface area contributed by atoms with Gasteiger partial charge in [0.25, 0.3) is 0 Å². The van der Waals surface area contributed by atoms with Crippen molar-refractivity contribution in [2.75, 3.05) is 20.2 Å². The lowest BCUT2D eigenvalue weighted by Gasteiger charge is -2.33. The molecule has 1 aromatic rings. The van der Waals surface area contributed by atoms with E-state index in [0.29, 0.717) is 6.54 Å². The molecule has 0 spiro atoms. The van der Waals surface area contributed by atoms with Crippen molar-refractivity contribution in [2.24, 2.45) is 11.7 Å². The Hall–Kier alpha value is -1.06. The van der Waals surface area contributed by atoms with E-state index < -0.39 is 0 Å². The smallest absolute Gasteiger partial charge is 0.119 e. The molecule has 0 bridgehead atoms. The third-order valence-electron chi connectivity index (χ3n) is 4.69. The number of benzene rings is 1. The highest BCUT2D eigenvalue weighted by atomic mass is 16.5. The van der Waals surface area contributed by atoms with E-state index in [-0.39, 0.29) is 0 Å². The molecular weight excluding hydrogens is 260 g/mol. The van der Waals surface area contributed by atoms with Crippen LogP contribution >= 0.6 is 0 Å². The summed E-state index contributed by atoms with van der Waals surface area (Å²) >= 11 is 0. The molecule has 0 saturated heterocycles. The molecule has 0 aliphatic heterocycles. The number of hydrogen-bond donors (Lipinski definition) is 1. The Labute approximate surface area is 129 Å². The van der Waals surface area contributed by atoms with Crippen LogP contribution in [0.3, 0.4) is 0 Å². The van der Waals surface area contributed by atoms with Gasteiger partial charge in [0, 0.05) is 19.1 Å². The van der Waals surface area contributed by atoms with Gasteiger partial charge in [0.05, 0.1) is 6.61 Å². The molecule has 0 heterocycles. The first-order valence-corrected chi connectivity index (χ1v) is 8.31. The predicted molar refractivity (Wildman–Crippen MR) is 88.5 cm³/mol. The van der Waals surface area contributed by atoms with Crippen molar-refractivity contribution in [2.45, 2.75) is 51.6 Å². The largest absolute Gasteiger partial charge is 0.494 e. The van der Waals surface area contributed by atoms with Crippen LogP contribution in [0.5, 0.6) is 5.75 Å². The first-order valence-electron chi connectivity index (χ1n) is 8.31. The molecule has 0 unspecified atom stereocenters. The Balaban J connectivity index is 1.62. The summed E-state index contributed by atoms with van der Waals surface area (Å²) in [5.74, 6) is 1.87. The van der Waals surface area contributed by atoms with Crippen molar-refractivity contribution < 1.29 is 4.74 Å². The van der Waals surface area contributed by atoms with E-state index in [0.717, 1.165) is 42.8 Å². The number of nitrogens with zero attached hydrogens (tertiary/aromatic N) is 1. The number of ether oxygens (including phenoxy) is 1. The molecular formula is C18H30N2O. The Morgan fingerprint density at radius 1 is 1.14 bits per heavy atom. The molecule has 1 saturated carbocycles. The van der Waals surface area contributed by atoms with Gasteiger partial charge >= 0.3 is 0 Å². The fourth-order valence-electron chi connectivity index (χ4n) is 3.09. The summed E-state index contributed by atoms with van der Waals surface area (Å²) in [6.07, 6.45) is 6.58. The molecule has 21 heavy (non-hydrogen) atoms. The third-order valence-corrected chi connectivity index (χ3v) is 4.69. The quantitative estimate of drug-likeness (QED) is 0.782. The molecule has 118 valence electrons. The topological polar surface area (TPSA) is 38.5 Å². The monoisotopic (exact) mass is 290 g/mol. The lowest BCUT2D eigenvalue weighted by atomic mass is 9.87. The number of nitrogens with two attached hydrogens (primary N) is 1. The number of hydrogen-bond acceptors (Lipinski definition) is 3. The standard InChI is InChI=1S/C18H30N2O/c1-15-4-8-17(9-5-15)20(2)12-3-13-21-18-10-6-16(14-19)7-11-18/h6-7,10-11,15,17H,3-5,8-9,12-14,19H2,1-2H3. The van der Waals surface area contributed by atoms with Crippen LogP contribution in [0, 0.1) is 5.92 Å². The summed E-state index contributed by atoms with van der Waals surface area (Å²) in [4.78, 5) is 2.52. The van der Waals surface area contributed by atoms with Crippen LogP contribution in [0.1, 0.15) is 44.6 Å². The van der Waals surface area contributed by atoms with Crippen molar-refractivity contribution in [3.05, 3.63) is 29.8 Å². The fraction of sp³-hybridized carbons (Fsp3) is 0.667. The Morgan fingerprint density at radius 2 is 1.81 bits per heavy atom. The van der Waals surface area contributed by atoms with Crippen molar-refractivity contribution in [3.63, 3.8) is 0 Å². The lowest BCUT2D eigenvalue weighted by molar-refractivity contribution is 0.159. The van der Waals surface area contributed by atoms with Crippen LogP contribution in [0.2, 0.25) is 0 Å². The van der Waals surface area contributed by atoms with Crippen LogP contribution in [0.4, 0.5) is 0 Å². The van der Waals surface area contributed by atoms with E-state index in [1.165, 1.54) is 25.7 Å². The van der Waals surface area contributed by atoms with Gasteiger partial charge < -0.3 is 15.4 Å². The molecule has 1 aliphatic rings. The Kier molecular flexibility index (Phi) is 6.52. The van der Waals surface area contributed by atoms with Gasteiger partial charge in [-0.15, -0.1) is 0 Å². The van der Waals surface area contributed by atoms with E-state index in [1.807, 2.05) is 24.3 Å². The molecule has 1 aliphatic carbocycles. The average Bonchev–Trinajstić information content (AvgIpc) is 2.52. The highest BCUT2D eigenvalue weighted by Gasteiger charge is 2.21. The summed E-state index contributed by atoms with van der Waals surface area (Å²) in [6, 6.07) is 8.86. The average molecular weight is 290 g/mol. The number of rotatable bonds is 7. The van der Waals surface area contributed by atoms with E-state index in [1.54, 1.807) is 0 Å². The minimum absolute atomic E-state index is 0.588. The summed E-state index contributed by atoms with van der Waals surface area (Å²) in [7, 11) is 2.26. The molecule has 2 rings (SSSR count). The van der Waals surface area contributed by atoms with Crippen molar-refractivity contribution >= 4 is 0 Å². The van der Waals surface area contributed by atoms with Crippen LogP contribution < -0.4 is 10.5 Å². The summed E-state index contributed by atoms with van der Waals surface area (Å²) in [6.45, 7) is 4.88. The normalized spacial score (nSPS) is 22.5. The minimum atomic E-state index is 0.588. The van der Waals surface area contributed by atoms with Gasteiger partial charge in [-0.2, -0.15) is 0 Å². The van der Waals surface area contributed by atoms with Crippen molar-refractivity contribution in [1.82, 2.24) is 4.90 Å². The Morgan fingerprint density at radius 3 is 2.43 bits per heavy atom. The zero-order chi connectivity index (χ0) is 15.1. The van der Waals surface area contributed by atoms with Crippen molar-refractivity contribution in [1.29, 1.82) is 0 Å². The van der Waals surface area contributed by atoms with Crippen LogP contribution in [-0.2, 0) is 6.54 Å². The highest BCUT2D eigenvalue weighted by molar-refractivity contribution is 5.26. The third kappa shape index (κ3) is 5.33. The fourth-order valence-corrected chi connectivity index (χ4v) is 3.09. The molecule has 1 aromatic carbocycles. The maximum atomic E-state index is 5.79. The molecule has 1 fully saturated rings. The SMILES string of the molecule is CC1CCC(N(C)CCCOc2ccc(CN)cc2)CC1. The second kappa shape index (κ2) is 8.40. The van der Waals surface area contributed by atoms with E-state index >= 15 is 0 Å². The van der Waals surface area contributed by atoms with Gasteiger partial charge in [-0.25, -0.2) is 0 Å². The summed E-state index contributed by atoms with van der Waals surface area (Å²) < 4.78 is 5.79. The van der Waals surface area contributed by atoms with E-state index in [9.17, 15) is 0 Å². The molecule has 0 radical (unpaired) electrons. The summed E-state index contributed by atoms with van der Waals surface area (Å²) in [5.41, 5.74) is 6.73. The van der Waals surface area contributed by atoms with Crippen molar-refractivity contribution in [3.8, 4) is 5.75 Å². The van der Waals surface area contributed by atoms with Gasteiger partial charge in [0.2, 0.25) is 0 Å². The van der Waals surface area contributed by atoms with Gasteiger partial charge in [0.1, 0.15) is 5.75 Å². The molecule has 0 atom stereocenters. The van der Waals surface area contributed by atoms with E-state index in [2.05, 4.69) is 18.9 Å². The van der Waals surface area contributed by atoms with Crippen LogP contribution in [0.25, 0.3) is 0 Å². The lowest BCUT2D eigenvalue weighted by Crippen LogP contribution is -2.35. The predicted octanol–water partition coefficient (Wildman–Crippen LogP) is 3.42. The van der Waals surface area contributed by atoms with E-state index in [4.69, 9.17) is 10.5 Å². The zero-order valence-electron chi connectivity index (χ0n) is 13.6. The van der Waals surface area contributed by atoms with Crippen LogP contribution in [0.15, 0.2) is 24.3 Å². The highest BCUT2D eigenvalue weighted by Crippen LogP contribution is 2.26. The Bertz CT molecular complexity index is 396. The molecule has 0 aromatic heterocycles. The van der Waals surface area contributed by atoms with Crippen LogP contribution in [-0.4, -0.2) is 31.1 Å². The molecule has 2 N–H and O–H groups in total. The van der Waals surface area contributed by atoms with Gasteiger partial charge in [-0.3, -0.25) is 0 Å². The van der Waals surface area contributed by atoms with Gasteiger partial charge in [-0.1, -0.05) is 19.1 Å². The first kappa shape index (κ1) is 16.3. The first-order chi connectivity index (χ1) is 10.2. The maximum absolute atomic E-state index is 5.79.